The van der Waals surface area contributed by atoms with Crippen LogP contribution < -0.4 is 14.4 Å². The molecule has 1 heterocycles. The Morgan fingerprint density at radius 2 is 1.72 bits per heavy atom. The average molecular weight is 393 g/mol. The standard InChI is InChI=1S/C23H23NO5/c1-24(2)16-11-9-15(10-12-16)7-5-6-8-18(25)19-20(26)23(28-4)22-17(13-14-29-22)21(19)27-3/h5-14,26H,1-4H3. The fraction of sp³-hybridized carbons (Fsp3) is 0.174. The highest BCUT2D eigenvalue weighted by Crippen LogP contribution is 2.45. The Balaban J connectivity index is 1.86. The third-order valence-corrected chi connectivity index (χ3v) is 4.51. The number of hydrogen-bond acceptors (Lipinski definition) is 6. The van der Waals surface area contributed by atoms with Gasteiger partial charge in [0, 0.05) is 19.8 Å². The van der Waals surface area contributed by atoms with Crippen LogP contribution in [0.1, 0.15) is 15.9 Å². The van der Waals surface area contributed by atoms with E-state index in [1.165, 1.54) is 26.6 Å². The zero-order chi connectivity index (χ0) is 21.0. The lowest BCUT2D eigenvalue weighted by molar-refractivity contribution is 0.104. The van der Waals surface area contributed by atoms with Crippen molar-refractivity contribution in [3.05, 3.63) is 65.9 Å². The Kier molecular flexibility index (Phi) is 5.93. The van der Waals surface area contributed by atoms with Gasteiger partial charge in [0.05, 0.1) is 25.9 Å². The van der Waals surface area contributed by atoms with Crippen molar-refractivity contribution in [3.8, 4) is 17.2 Å². The van der Waals surface area contributed by atoms with E-state index in [0.29, 0.717) is 11.0 Å². The summed E-state index contributed by atoms with van der Waals surface area (Å²) >= 11 is 0. The molecular weight excluding hydrogens is 370 g/mol. The largest absolute Gasteiger partial charge is 0.504 e. The predicted molar refractivity (Wildman–Crippen MR) is 114 cm³/mol. The highest BCUT2D eigenvalue weighted by molar-refractivity contribution is 6.13. The smallest absolute Gasteiger partial charge is 0.205 e. The summed E-state index contributed by atoms with van der Waals surface area (Å²) in [5.41, 5.74) is 2.47. The monoisotopic (exact) mass is 393 g/mol. The molecule has 0 fully saturated rings. The lowest BCUT2D eigenvalue weighted by Gasteiger charge is -2.12. The van der Waals surface area contributed by atoms with Gasteiger partial charge in [-0.05, 0) is 29.8 Å². The first-order chi connectivity index (χ1) is 14.0. The van der Waals surface area contributed by atoms with Gasteiger partial charge in [-0.3, -0.25) is 4.79 Å². The number of phenolic OH excluding ortho intramolecular Hbond substituents is 1. The number of rotatable bonds is 7. The molecule has 0 aliphatic carbocycles. The zero-order valence-electron chi connectivity index (χ0n) is 16.8. The molecule has 2 aromatic carbocycles. The van der Waals surface area contributed by atoms with Crippen LogP contribution in [0.4, 0.5) is 5.69 Å². The normalized spacial score (nSPS) is 11.4. The molecule has 1 aromatic heterocycles. The lowest BCUT2D eigenvalue weighted by atomic mass is 10.0. The van der Waals surface area contributed by atoms with E-state index in [1.54, 1.807) is 18.2 Å². The third kappa shape index (κ3) is 3.96. The van der Waals surface area contributed by atoms with Crippen molar-refractivity contribution in [2.24, 2.45) is 0 Å². The number of anilines is 1. The van der Waals surface area contributed by atoms with E-state index in [-0.39, 0.29) is 22.8 Å². The van der Waals surface area contributed by atoms with Gasteiger partial charge >= 0.3 is 0 Å². The first-order valence-corrected chi connectivity index (χ1v) is 8.98. The number of furan rings is 1. The van der Waals surface area contributed by atoms with Gasteiger partial charge in [0.25, 0.3) is 0 Å². The number of carbonyl (C=O) groups is 1. The first kappa shape index (κ1) is 20.1. The van der Waals surface area contributed by atoms with Crippen molar-refractivity contribution in [1.29, 1.82) is 0 Å². The summed E-state index contributed by atoms with van der Waals surface area (Å²) in [4.78, 5) is 14.8. The van der Waals surface area contributed by atoms with Gasteiger partial charge in [-0.15, -0.1) is 0 Å². The summed E-state index contributed by atoms with van der Waals surface area (Å²) < 4.78 is 16.0. The summed E-state index contributed by atoms with van der Waals surface area (Å²) in [7, 11) is 6.81. The van der Waals surface area contributed by atoms with Crippen LogP contribution in [0.2, 0.25) is 0 Å². The minimum atomic E-state index is -0.409. The maximum absolute atomic E-state index is 12.8. The number of aromatic hydroxyl groups is 1. The number of allylic oxidation sites excluding steroid dienone is 3. The number of methoxy groups -OCH3 is 2. The number of fused-ring (bicyclic) bond motifs is 1. The second-order valence-corrected chi connectivity index (χ2v) is 6.52. The molecule has 29 heavy (non-hydrogen) atoms. The van der Waals surface area contributed by atoms with E-state index in [4.69, 9.17) is 13.9 Å². The molecule has 0 atom stereocenters. The van der Waals surface area contributed by atoms with Crippen molar-refractivity contribution in [2.75, 3.05) is 33.2 Å². The Hall–Kier alpha value is -3.67. The summed E-state index contributed by atoms with van der Waals surface area (Å²) in [5, 5.41) is 11.1. The molecule has 6 heteroatoms. The van der Waals surface area contributed by atoms with E-state index in [2.05, 4.69) is 0 Å². The van der Waals surface area contributed by atoms with Crippen molar-refractivity contribution < 1.29 is 23.8 Å². The number of nitrogens with zero attached hydrogens (tertiary/aromatic N) is 1. The average Bonchev–Trinajstić information content (AvgIpc) is 3.19. The molecule has 0 aliphatic rings. The summed E-state index contributed by atoms with van der Waals surface area (Å²) in [6.45, 7) is 0. The number of hydrogen-bond donors (Lipinski definition) is 1. The molecule has 0 bridgehead atoms. The highest BCUT2D eigenvalue weighted by Gasteiger charge is 2.26. The Bertz CT molecular complexity index is 1070. The summed E-state index contributed by atoms with van der Waals surface area (Å²) in [5.74, 6) is -0.387. The first-order valence-electron chi connectivity index (χ1n) is 8.98. The van der Waals surface area contributed by atoms with E-state index < -0.39 is 5.78 Å². The molecule has 0 unspecified atom stereocenters. The Morgan fingerprint density at radius 3 is 2.34 bits per heavy atom. The highest BCUT2D eigenvalue weighted by atomic mass is 16.5. The van der Waals surface area contributed by atoms with Gasteiger partial charge in [0.1, 0.15) is 11.3 Å². The molecule has 1 N–H and O–H groups in total. The minimum Gasteiger partial charge on any atom is -0.504 e. The summed E-state index contributed by atoms with van der Waals surface area (Å²) in [6.07, 6.45) is 8.09. The maximum Gasteiger partial charge on any atom is 0.205 e. The Labute approximate surface area is 169 Å². The molecular formula is C23H23NO5. The van der Waals surface area contributed by atoms with E-state index >= 15 is 0 Å². The number of ether oxygens (including phenoxy) is 2. The summed E-state index contributed by atoms with van der Waals surface area (Å²) in [6, 6.07) is 9.68. The van der Waals surface area contributed by atoms with Gasteiger partial charge < -0.3 is 23.9 Å². The molecule has 3 aromatic rings. The Morgan fingerprint density at radius 1 is 1.03 bits per heavy atom. The quantitative estimate of drug-likeness (QED) is 0.357. The van der Waals surface area contributed by atoms with Crippen LogP contribution in [-0.2, 0) is 0 Å². The second-order valence-electron chi connectivity index (χ2n) is 6.52. The number of phenols is 1. The van der Waals surface area contributed by atoms with Gasteiger partial charge in [0.2, 0.25) is 5.75 Å². The van der Waals surface area contributed by atoms with E-state index in [1.807, 2.05) is 49.3 Å². The topological polar surface area (TPSA) is 72.1 Å². The minimum absolute atomic E-state index is 0.0261. The molecule has 3 rings (SSSR count). The fourth-order valence-corrected chi connectivity index (χ4v) is 3.03. The maximum atomic E-state index is 12.8. The van der Waals surface area contributed by atoms with Gasteiger partial charge in [-0.25, -0.2) is 0 Å². The van der Waals surface area contributed by atoms with E-state index in [0.717, 1.165) is 11.3 Å². The van der Waals surface area contributed by atoms with Gasteiger partial charge in [-0.2, -0.15) is 0 Å². The van der Waals surface area contributed by atoms with Crippen LogP contribution >= 0.6 is 0 Å². The second kappa shape index (κ2) is 8.56. The van der Waals surface area contributed by atoms with Crippen molar-refractivity contribution in [1.82, 2.24) is 0 Å². The molecule has 0 saturated heterocycles. The molecule has 0 spiro atoms. The molecule has 0 radical (unpaired) electrons. The van der Waals surface area contributed by atoms with Gasteiger partial charge in [0.15, 0.2) is 17.1 Å². The molecule has 6 nitrogen and oxygen atoms in total. The fourth-order valence-electron chi connectivity index (χ4n) is 3.03. The number of ketones is 1. The van der Waals surface area contributed by atoms with Crippen LogP contribution in [0.25, 0.3) is 17.0 Å². The molecule has 0 amide bonds. The van der Waals surface area contributed by atoms with Crippen LogP contribution in [0.3, 0.4) is 0 Å². The van der Waals surface area contributed by atoms with Gasteiger partial charge in [-0.1, -0.05) is 30.4 Å². The number of carbonyl (C=O) groups excluding carboxylic acids is 1. The van der Waals surface area contributed by atoms with Crippen molar-refractivity contribution in [2.45, 2.75) is 0 Å². The van der Waals surface area contributed by atoms with Crippen LogP contribution in [0.15, 0.2) is 59.2 Å². The van der Waals surface area contributed by atoms with Crippen LogP contribution in [-0.4, -0.2) is 39.2 Å². The van der Waals surface area contributed by atoms with Crippen molar-refractivity contribution >= 4 is 28.5 Å². The molecule has 150 valence electrons. The number of benzene rings is 2. The third-order valence-electron chi connectivity index (χ3n) is 4.51. The molecule has 0 saturated carbocycles. The van der Waals surface area contributed by atoms with Crippen LogP contribution in [0.5, 0.6) is 17.2 Å². The SMILES string of the molecule is COc1c(C(=O)C=CC=Cc2ccc(N(C)C)cc2)c(O)c(OC)c2occc12. The van der Waals surface area contributed by atoms with E-state index in [9.17, 15) is 9.90 Å². The van der Waals surface area contributed by atoms with Crippen molar-refractivity contribution in [3.63, 3.8) is 0 Å². The zero-order valence-corrected chi connectivity index (χ0v) is 16.8. The molecule has 0 aliphatic heterocycles. The van der Waals surface area contributed by atoms with Crippen LogP contribution in [0, 0.1) is 0 Å². The lowest BCUT2D eigenvalue weighted by Crippen LogP contribution is -2.07. The predicted octanol–water partition coefficient (Wildman–Crippen LogP) is 4.67.